The van der Waals surface area contributed by atoms with Crippen LogP contribution in [0, 0.1) is 5.82 Å². The maximum Gasteiger partial charge on any atom is 0.293 e. The predicted molar refractivity (Wildman–Crippen MR) is 85.3 cm³/mol. The van der Waals surface area contributed by atoms with Crippen LogP contribution < -0.4 is 16.4 Å². The first-order valence-corrected chi connectivity index (χ1v) is 7.01. The van der Waals surface area contributed by atoms with Crippen molar-refractivity contribution in [3.05, 3.63) is 42.0 Å². The van der Waals surface area contributed by atoms with Gasteiger partial charge in [-0.1, -0.05) is 0 Å². The minimum absolute atomic E-state index is 0.138. The number of halogens is 1. The fourth-order valence-corrected chi connectivity index (χ4v) is 2.72. The van der Waals surface area contributed by atoms with Crippen molar-refractivity contribution < 1.29 is 9.18 Å². The quantitative estimate of drug-likeness (QED) is 0.798. The zero-order valence-electron chi connectivity index (χ0n) is 12.8. The molecule has 0 saturated carbocycles. The first-order valence-electron chi connectivity index (χ1n) is 7.01. The Kier molecular flexibility index (Phi) is 3.32. The molecule has 0 aliphatic carbocycles. The van der Waals surface area contributed by atoms with E-state index < -0.39 is 17.3 Å². The topological polar surface area (TPSA) is 103 Å². The zero-order chi connectivity index (χ0) is 16.8. The Bertz CT molecular complexity index is 814. The van der Waals surface area contributed by atoms with Crippen molar-refractivity contribution in [2.24, 2.45) is 17.8 Å². The highest BCUT2D eigenvalue weighted by atomic mass is 19.1. The number of amides is 1. The number of carbonyl (C=O) groups excluding carboxylic acids is 1. The predicted octanol–water partition coefficient (Wildman–Crippen LogP) is 0.761. The summed E-state index contributed by atoms with van der Waals surface area (Å²) in [6, 6.07) is 4.28. The van der Waals surface area contributed by atoms with Gasteiger partial charge in [-0.2, -0.15) is 5.10 Å². The smallest absolute Gasteiger partial charge is 0.293 e. The fourth-order valence-electron chi connectivity index (χ4n) is 2.72. The van der Waals surface area contributed by atoms with Crippen molar-refractivity contribution in [1.82, 2.24) is 9.78 Å². The van der Waals surface area contributed by atoms with Crippen LogP contribution in [0.4, 0.5) is 15.8 Å². The summed E-state index contributed by atoms with van der Waals surface area (Å²) in [6.45, 7) is 1.85. The Morgan fingerprint density at radius 3 is 2.74 bits per heavy atom. The van der Waals surface area contributed by atoms with Gasteiger partial charge in [-0.05, 0) is 25.1 Å². The summed E-state index contributed by atoms with van der Waals surface area (Å²) < 4.78 is 15.8. The number of rotatable bonds is 2. The third-order valence-electron chi connectivity index (χ3n) is 3.87. The number of nitrogen functional groups attached to an aromatic ring is 1. The Hall–Kier alpha value is -2.90. The van der Waals surface area contributed by atoms with Crippen molar-refractivity contribution in [1.29, 1.82) is 0 Å². The van der Waals surface area contributed by atoms with Crippen LogP contribution in [0.2, 0.25) is 0 Å². The largest absolute Gasteiger partial charge is 0.399 e. The molecule has 1 aliphatic heterocycles. The van der Waals surface area contributed by atoms with Gasteiger partial charge in [-0.15, -0.1) is 0 Å². The van der Waals surface area contributed by atoms with Gasteiger partial charge in [0.05, 0.1) is 18.4 Å². The molecule has 120 valence electrons. The highest BCUT2D eigenvalue weighted by Crippen LogP contribution is 2.34. The van der Waals surface area contributed by atoms with E-state index in [4.69, 9.17) is 11.5 Å². The molecule has 0 bridgehead atoms. The molecule has 1 amide bonds. The molecule has 2 aromatic rings. The SMILES string of the molecule is Cn1cc(N2CC(C)(c3cc(N)ccc3F)N=C(N)C2=O)cn1. The highest BCUT2D eigenvalue weighted by molar-refractivity contribution is 6.42. The number of benzene rings is 1. The van der Waals surface area contributed by atoms with Gasteiger partial charge in [-0.25, -0.2) is 4.39 Å². The fraction of sp³-hybridized carbons (Fsp3) is 0.267. The molecule has 23 heavy (non-hydrogen) atoms. The number of carbonyl (C=O) groups is 1. The molecule has 1 aliphatic rings. The van der Waals surface area contributed by atoms with Gasteiger partial charge < -0.3 is 11.5 Å². The van der Waals surface area contributed by atoms with Crippen LogP contribution in [-0.2, 0) is 17.4 Å². The number of hydrogen-bond donors (Lipinski definition) is 2. The summed E-state index contributed by atoms with van der Waals surface area (Å²) in [6.07, 6.45) is 3.24. The van der Waals surface area contributed by atoms with Gasteiger partial charge in [0.1, 0.15) is 11.4 Å². The summed E-state index contributed by atoms with van der Waals surface area (Å²) >= 11 is 0. The molecule has 0 radical (unpaired) electrons. The number of amidine groups is 1. The maximum absolute atomic E-state index is 14.3. The maximum atomic E-state index is 14.3. The van der Waals surface area contributed by atoms with E-state index in [2.05, 4.69) is 10.1 Å². The summed E-state index contributed by atoms with van der Waals surface area (Å²) in [7, 11) is 1.74. The first kappa shape index (κ1) is 15.0. The molecule has 0 fully saturated rings. The van der Waals surface area contributed by atoms with Crippen LogP contribution in [0.3, 0.4) is 0 Å². The van der Waals surface area contributed by atoms with Crippen LogP contribution in [0.25, 0.3) is 0 Å². The lowest BCUT2D eigenvalue weighted by Crippen LogP contribution is -2.52. The van der Waals surface area contributed by atoms with Crippen molar-refractivity contribution in [2.75, 3.05) is 17.2 Å². The molecule has 1 aromatic heterocycles. The van der Waals surface area contributed by atoms with Crippen LogP contribution in [-0.4, -0.2) is 28.1 Å². The zero-order valence-corrected chi connectivity index (χ0v) is 12.8. The molecule has 1 unspecified atom stereocenters. The van der Waals surface area contributed by atoms with Gasteiger partial charge in [0.2, 0.25) is 0 Å². The van der Waals surface area contributed by atoms with Crippen LogP contribution in [0.1, 0.15) is 12.5 Å². The van der Waals surface area contributed by atoms with Gasteiger partial charge in [0.25, 0.3) is 5.91 Å². The minimum Gasteiger partial charge on any atom is -0.399 e. The summed E-state index contributed by atoms with van der Waals surface area (Å²) in [4.78, 5) is 18.0. The normalized spacial score (nSPS) is 21.4. The lowest BCUT2D eigenvalue weighted by atomic mass is 9.89. The van der Waals surface area contributed by atoms with Gasteiger partial charge in [0, 0.05) is 24.5 Å². The van der Waals surface area contributed by atoms with Crippen LogP contribution >= 0.6 is 0 Å². The second-order valence-corrected chi connectivity index (χ2v) is 5.77. The number of nitrogens with zero attached hydrogens (tertiary/aromatic N) is 4. The van der Waals surface area contributed by atoms with E-state index in [0.29, 0.717) is 16.9 Å². The Morgan fingerprint density at radius 1 is 1.35 bits per heavy atom. The third-order valence-corrected chi connectivity index (χ3v) is 3.87. The molecular formula is C15H17FN6O. The lowest BCUT2D eigenvalue weighted by Gasteiger charge is -2.36. The molecule has 2 heterocycles. The number of aryl methyl sites for hydroxylation is 1. The van der Waals surface area contributed by atoms with E-state index in [1.54, 1.807) is 31.0 Å². The molecular weight excluding hydrogens is 299 g/mol. The number of hydrogen-bond acceptors (Lipinski definition) is 5. The highest BCUT2D eigenvalue weighted by Gasteiger charge is 2.40. The van der Waals surface area contributed by atoms with Crippen molar-refractivity contribution in [3.63, 3.8) is 0 Å². The molecule has 0 spiro atoms. The molecule has 7 nitrogen and oxygen atoms in total. The third kappa shape index (κ3) is 2.52. The summed E-state index contributed by atoms with van der Waals surface area (Å²) in [5.41, 5.74) is 11.8. The molecule has 3 rings (SSSR count). The van der Waals surface area contributed by atoms with Crippen LogP contribution in [0.5, 0.6) is 0 Å². The van der Waals surface area contributed by atoms with Crippen molar-refractivity contribution in [2.45, 2.75) is 12.5 Å². The van der Waals surface area contributed by atoms with Crippen molar-refractivity contribution in [3.8, 4) is 0 Å². The Labute approximate surface area is 132 Å². The monoisotopic (exact) mass is 316 g/mol. The second-order valence-electron chi connectivity index (χ2n) is 5.77. The molecule has 1 aromatic carbocycles. The molecule has 1 atom stereocenters. The molecule has 8 heteroatoms. The van der Waals surface area contributed by atoms with Crippen molar-refractivity contribution >= 4 is 23.1 Å². The summed E-state index contributed by atoms with van der Waals surface area (Å²) in [5.74, 6) is -1.05. The summed E-state index contributed by atoms with van der Waals surface area (Å²) in [5, 5.41) is 4.05. The molecule has 0 saturated heterocycles. The van der Waals surface area contributed by atoms with E-state index in [-0.39, 0.29) is 12.4 Å². The number of aliphatic imine (C=N–C) groups is 1. The number of aromatic nitrogens is 2. The number of anilines is 2. The standard InChI is InChI=1S/C15H17FN6O/c1-15(11-5-9(17)3-4-12(11)16)8-22(14(23)13(18)20-15)10-6-19-21(2)7-10/h3-7H,8,17H2,1-2H3,(H2,18,20). The second kappa shape index (κ2) is 5.08. The lowest BCUT2D eigenvalue weighted by molar-refractivity contribution is -0.113. The minimum atomic E-state index is -1.03. The van der Waals surface area contributed by atoms with Gasteiger partial charge in [-0.3, -0.25) is 19.4 Å². The Balaban J connectivity index is 2.09. The van der Waals surface area contributed by atoms with E-state index in [9.17, 15) is 9.18 Å². The average molecular weight is 316 g/mol. The molecule has 4 N–H and O–H groups in total. The van der Waals surface area contributed by atoms with E-state index in [0.717, 1.165) is 0 Å². The van der Waals surface area contributed by atoms with E-state index in [1.807, 2.05) is 0 Å². The van der Waals surface area contributed by atoms with E-state index >= 15 is 0 Å². The number of nitrogens with two attached hydrogens (primary N) is 2. The first-order chi connectivity index (χ1) is 10.8. The van der Waals surface area contributed by atoms with Gasteiger partial charge >= 0.3 is 0 Å². The van der Waals surface area contributed by atoms with Gasteiger partial charge in [0.15, 0.2) is 5.84 Å². The average Bonchev–Trinajstić information content (AvgIpc) is 2.92. The van der Waals surface area contributed by atoms with E-state index in [1.165, 1.54) is 23.1 Å². The van der Waals surface area contributed by atoms with Crippen LogP contribution in [0.15, 0.2) is 35.6 Å². The Morgan fingerprint density at radius 2 is 2.09 bits per heavy atom.